The molecule has 1 aromatic heterocycles. The van der Waals surface area contributed by atoms with Crippen LogP contribution in [-0.2, 0) is 4.79 Å². The average molecular weight is 208 g/mol. The van der Waals surface area contributed by atoms with E-state index in [4.69, 9.17) is 5.11 Å². The Morgan fingerprint density at radius 1 is 1.60 bits per heavy atom. The van der Waals surface area contributed by atoms with Gasteiger partial charge in [-0.1, -0.05) is 6.07 Å². The van der Waals surface area contributed by atoms with E-state index < -0.39 is 11.9 Å². The number of nitrogens with zero attached hydrogens (tertiary/aromatic N) is 2. The minimum Gasteiger partial charge on any atom is -0.481 e. The van der Waals surface area contributed by atoms with Crippen molar-refractivity contribution >= 4 is 5.97 Å². The van der Waals surface area contributed by atoms with E-state index in [0.717, 1.165) is 12.1 Å². The van der Waals surface area contributed by atoms with Crippen LogP contribution < -0.4 is 0 Å². The second-order valence-corrected chi connectivity index (χ2v) is 3.77. The Bertz CT molecular complexity index is 312. The van der Waals surface area contributed by atoms with Crippen molar-refractivity contribution < 1.29 is 9.90 Å². The molecule has 0 fully saturated rings. The van der Waals surface area contributed by atoms with Gasteiger partial charge in [-0.15, -0.1) is 0 Å². The first-order valence-electron chi connectivity index (χ1n) is 4.88. The highest BCUT2D eigenvalue weighted by molar-refractivity contribution is 5.75. The van der Waals surface area contributed by atoms with Crippen molar-refractivity contribution in [2.75, 3.05) is 20.6 Å². The molecule has 1 rings (SSSR count). The lowest BCUT2D eigenvalue weighted by Crippen LogP contribution is -2.20. The predicted molar refractivity (Wildman–Crippen MR) is 57.8 cm³/mol. The van der Waals surface area contributed by atoms with Crippen LogP contribution in [0.2, 0.25) is 0 Å². The summed E-state index contributed by atoms with van der Waals surface area (Å²) in [6, 6.07) is 3.57. The first kappa shape index (κ1) is 11.7. The molecule has 0 bridgehead atoms. The minimum atomic E-state index is -0.787. The highest BCUT2D eigenvalue weighted by Crippen LogP contribution is 2.18. The normalized spacial score (nSPS) is 12.7. The van der Waals surface area contributed by atoms with Crippen LogP contribution in [0, 0.1) is 0 Å². The van der Waals surface area contributed by atoms with Gasteiger partial charge in [-0.25, -0.2) is 0 Å². The number of hydrogen-bond donors (Lipinski definition) is 1. The Morgan fingerprint density at radius 2 is 2.33 bits per heavy atom. The summed E-state index contributed by atoms with van der Waals surface area (Å²) in [6.07, 6.45) is 3.87. The van der Waals surface area contributed by atoms with Crippen LogP contribution in [0.4, 0.5) is 0 Å². The molecular formula is C11H16N2O2. The molecule has 4 heteroatoms. The SMILES string of the molecule is CN(C)CCC(C(=O)O)c1cccnc1. The number of hydrogen-bond acceptors (Lipinski definition) is 3. The molecule has 1 unspecified atom stereocenters. The van der Waals surface area contributed by atoms with Gasteiger partial charge in [0, 0.05) is 12.4 Å². The fraction of sp³-hybridized carbons (Fsp3) is 0.455. The second-order valence-electron chi connectivity index (χ2n) is 3.77. The lowest BCUT2D eigenvalue weighted by molar-refractivity contribution is -0.139. The maximum absolute atomic E-state index is 11.1. The molecule has 0 saturated heterocycles. The zero-order valence-electron chi connectivity index (χ0n) is 9.05. The number of rotatable bonds is 5. The molecular weight excluding hydrogens is 192 g/mol. The number of carbonyl (C=O) groups is 1. The minimum absolute atomic E-state index is 0.457. The molecule has 0 aliphatic heterocycles. The zero-order valence-corrected chi connectivity index (χ0v) is 9.05. The van der Waals surface area contributed by atoms with E-state index in [9.17, 15) is 4.79 Å². The van der Waals surface area contributed by atoms with E-state index >= 15 is 0 Å². The van der Waals surface area contributed by atoms with Crippen molar-refractivity contribution in [3.8, 4) is 0 Å². The Kier molecular flexibility index (Phi) is 4.24. The number of pyridine rings is 1. The molecule has 1 aromatic rings. The van der Waals surface area contributed by atoms with Crippen LogP contribution in [0.1, 0.15) is 17.9 Å². The maximum Gasteiger partial charge on any atom is 0.311 e. The third-order valence-electron chi connectivity index (χ3n) is 2.25. The van der Waals surface area contributed by atoms with Crippen molar-refractivity contribution in [1.82, 2.24) is 9.88 Å². The molecule has 1 N–H and O–H groups in total. The standard InChI is InChI=1S/C11H16N2O2/c1-13(2)7-5-10(11(14)15)9-4-3-6-12-8-9/h3-4,6,8,10H,5,7H2,1-2H3,(H,14,15). The second kappa shape index (κ2) is 5.46. The van der Waals surface area contributed by atoms with Gasteiger partial charge in [-0.05, 0) is 38.7 Å². The summed E-state index contributed by atoms with van der Waals surface area (Å²) < 4.78 is 0. The van der Waals surface area contributed by atoms with Crippen LogP contribution in [-0.4, -0.2) is 41.6 Å². The Balaban J connectivity index is 2.71. The maximum atomic E-state index is 11.1. The molecule has 4 nitrogen and oxygen atoms in total. The molecule has 15 heavy (non-hydrogen) atoms. The average Bonchev–Trinajstić information content (AvgIpc) is 2.18. The van der Waals surface area contributed by atoms with Gasteiger partial charge in [0.1, 0.15) is 0 Å². The van der Waals surface area contributed by atoms with Gasteiger partial charge in [0.25, 0.3) is 0 Å². The molecule has 82 valence electrons. The van der Waals surface area contributed by atoms with Crippen LogP contribution in [0.25, 0.3) is 0 Å². The van der Waals surface area contributed by atoms with Gasteiger partial charge in [-0.3, -0.25) is 9.78 Å². The van der Waals surface area contributed by atoms with E-state index in [0.29, 0.717) is 6.42 Å². The Morgan fingerprint density at radius 3 is 2.80 bits per heavy atom. The van der Waals surface area contributed by atoms with Gasteiger partial charge >= 0.3 is 5.97 Å². The molecule has 0 spiro atoms. The van der Waals surface area contributed by atoms with Crippen LogP contribution in [0.3, 0.4) is 0 Å². The molecule has 0 saturated carbocycles. The number of aromatic nitrogens is 1. The smallest absolute Gasteiger partial charge is 0.311 e. The van der Waals surface area contributed by atoms with E-state index in [1.54, 1.807) is 24.5 Å². The molecule has 1 heterocycles. The van der Waals surface area contributed by atoms with Crippen molar-refractivity contribution in [1.29, 1.82) is 0 Å². The summed E-state index contributed by atoms with van der Waals surface area (Å²) in [5, 5.41) is 9.09. The summed E-state index contributed by atoms with van der Waals surface area (Å²) in [7, 11) is 3.87. The Labute approximate surface area is 89.6 Å². The number of carboxylic acids is 1. The van der Waals surface area contributed by atoms with Crippen LogP contribution in [0.15, 0.2) is 24.5 Å². The summed E-state index contributed by atoms with van der Waals surface area (Å²) >= 11 is 0. The van der Waals surface area contributed by atoms with Gasteiger partial charge in [0.2, 0.25) is 0 Å². The molecule has 0 amide bonds. The third-order valence-corrected chi connectivity index (χ3v) is 2.25. The monoisotopic (exact) mass is 208 g/mol. The molecule has 1 atom stereocenters. The first-order chi connectivity index (χ1) is 7.11. The van der Waals surface area contributed by atoms with E-state index in [-0.39, 0.29) is 0 Å². The Hall–Kier alpha value is -1.42. The number of carboxylic acid groups (broad SMARTS) is 1. The highest BCUT2D eigenvalue weighted by Gasteiger charge is 2.19. The molecule has 0 aliphatic rings. The quantitative estimate of drug-likeness (QED) is 0.790. The van der Waals surface area contributed by atoms with Gasteiger partial charge < -0.3 is 10.0 Å². The number of aliphatic carboxylic acids is 1. The van der Waals surface area contributed by atoms with Crippen molar-refractivity contribution in [3.63, 3.8) is 0 Å². The molecule has 0 aliphatic carbocycles. The van der Waals surface area contributed by atoms with Crippen molar-refractivity contribution in [3.05, 3.63) is 30.1 Å². The predicted octanol–water partition coefficient (Wildman–Crippen LogP) is 1.20. The van der Waals surface area contributed by atoms with Crippen LogP contribution >= 0.6 is 0 Å². The third kappa shape index (κ3) is 3.67. The largest absolute Gasteiger partial charge is 0.481 e. The van der Waals surface area contributed by atoms with Crippen molar-refractivity contribution in [2.45, 2.75) is 12.3 Å². The van der Waals surface area contributed by atoms with Gasteiger partial charge in [-0.2, -0.15) is 0 Å². The highest BCUT2D eigenvalue weighted by atomic mass is 16.4. The lowest BCUT2D eigenvalue weighted by atomic mass is 9.97. The van der Waals surface area contributed by atoms with E-state index in [1.165, 1.54) is 0 Å². The van der Waals surface area contributed by atoms with Crippen LogP contribution in [0.5, 0.6) is 0 Å². The molecule has 0 aromatic carbocycles. The lowest BCUT2D eigenvalue weighted by Gasteiger charge is -2.15. The fourth-order valence-electron chi connectivity index (χ4n) is 1.40. The summed E-state index contributed by atoms with van der Waals surface area (Å²) in [4.78, 5) is 17.0. The van der Waals surface area contributed by atoms with E-state index in [2.05, 4.69) is 4.98 Å². The topological polar surface area (TPSA) is 53.4 Å². The van der Waals surface area contributed by atoms with Gasteiger partial charge in [0.05, 0.1) is 5.92 Å². The first-order valence-corrected chi connectivity index (χ1v) is 4.88. The summed E-state index contributed by atoms with van der Waals surface area (Å²) in [5.41, 5.74) is 0.770. The fourth-order valence-corrected chi connectivity index (χ4v) is 1.40. The zero-order chi connectivity index (χ0) is 11.3. The van der Waals surface area contributed by atoms with Crippen molar-refractivity contribution in [2.24, 2.45) is 0 Å². The summed E-state index contributed by atoms with van der Waals surface area (Å²) in [6.45, 7) is 0.756. The van der Waals surface area contributed by atoms with E-state index in [1.807, 2.05) is 19.0 Å². The summed E-state index contributed by atoms with van der Waals surface area (Å²) in [5.74, 6) is -1.24. The van der Waals surface area contributed by atoms with Gasteiger partial charge in [0.15, 0.2) is 0 Å². The molecule has 0 radical (unpaired) electrons.